The monoisotopic (exact) mass is 808 g/mol. The van der Waals surface area contributed by atoms with E-state index in [-0.39, 0.29) is 11.5 Å². The summed E-state index contributed by atoms with van der Waals surface area (Å²) in [7, 11) is 0. The molecule has 12 heteroatoms. The standard InChI is InChI=1S/C46H64O12/c1-3-5-7-9-11-13-15-17-19-21-31-55-34-23-27-36(28-24-34)57-41-39(43(49)50)38(42(47)48)33-46(45(53)54,40(41)44(51)52)58-37-29-25-35(26-30-37)56-32-22-20-18-16-14-12-10-8-6-4-2/h23-30,33,40H,3-22,31-32H2,1-2H3,(H,47,48)(H,49,50)(H,51,52)(H,53,54). The highest BCUT2D eigenvalue weighted by molar-refractivity contribution is 6.09. The van der Waals surface area contributed by atoms with E-state index in [9.17, 15) is 39.6 Å². The SMILES string of the molecule is CCCCCCCCCCCCOc1ccc(OC2=C(C(=O)O)C(C(=O)O)=CC(Oc3ccc(OCCCCCCCCCCCC)cc3)(C(=O)O)C2C(=O)O)cc1. The number of unbranched alkanes of at least 4 members (excludes halogenated alkanes) is 18. The first kappa shape index (κ1) is 47.4. The van der Waals surface area contributed by atoms with Crippen LogP contribution >= 0.6 is 0 Å². The van der Waals surface area contributed by atoms with E-state index < -0.39 is 52.3 Å². The molecule has 2 unspecified atom stereocenters. The maximum absolute atomic E-state index is 13.0. The predicted molar refractivity (Wildman–Crippen MR) is 221 cm³/mol. The van der Waals surface area contributed by atoms with Crippen molar-refractivity contribution in [2.75, 3.05) is 13.2 Å². The Hall–Kier alpha value is -5.00. The van der Waals surface area contributed by atoms with Crippen LogP contribution < -0.4 is 18.9 Å². The van der Waals surface area contributed by atoms with Gasteiger partial charge in [0.1, 0.15) is 34.3 Å². The fourth-order valence-electron chi connectivity index (χ4n) is 7.04. The molecule has 0 saturated heterocycles. The highest BCUT2D eigenvalue weighted by Crippen LogP contribution is 2.42. The summed E-state index contributed by atoms with van der Waals surface area (Å²) in [5.74, 6) is -9.80. The van der Waals surface area contributed by atoms with Gasteiger partial charge in [0.2, 0.25) is 5.60 Å². The molecule has 3 rings (SSSR count). The first-order chi connectivity index (χ1) is 28.0. The summed E-state index contributed by atoms with van der Waals surface area (Å²) in [5, 5.41) is 41.2. The minimum atomic E-state index is -2.93. The van der Waals surface area contributed by atoms with E-state index in [1.165, 1.54) is 126 Å². The van der Waals surface area contributed by atoms with Crippen LogP contribution in [0.25, 0.3) is 0 Å². The molecule has 0 heterocycles. The number of benzene rings is 2. The summed E-state index contributed by atoms with van der Waals surface area (Å²) in [6.07, 6.45) is 24.2. The van der Waals surface area contributed by atoms with E-state index in [1.54, 1.807) is 12.1 Å². The molecule has 12 nitrogen and oxygen atoms in total. The van der Waals surface area contributed by atoms with Crippen molar-refractivity contribution in [3.63, 3.8) is 0 Å². The van der Waals surface area contributed by atoms with E-state index in [0.29, 0.717) is 30.8 Å². The lowest BCUT2D eigenvalue weighted by Gasteiger charge is -2.37. The first-order valence-corrected chi connectivity index (χ1v) is 21.3. The van der Waals surface area contributed by atoms with Crippen LogP contribution in [0, 0.1) is 5.92 Å². The maximum atomic E-state index is 13.0. The minimum absolute atomic E-state index is 0.0684. The lowest BCUT2D eigenvalue weighted by molar-refractivity contribution is -0.165. The molecule has 0 amide bonds. The van der Waals surface area contributed by atoms with Crippen molar-refractivity contribution in [2.24, 2.45) is 5.92 Å². The van der Waals surface area contributed by atoms with Gasteiger partial charge in [0.25, 0.3) is 0 Å². The average Bonchev–Trinajstić information content (AvgIpc) is 3.19. The molecule has 4 N–H and O–H groups in total. The fourth-order valence-corrected chi connectivity index (χ4v) is 7.04. The lowest BCUT2D eigenvalue weighted by Crippen LogP contribution is -2.56. The van der Waals surface area contributed by atoms with Crippen LogP contribution in [0.5, 0.6) is 23.0 Å². The molecule has 1 aliphatic rings. The molecule has 2 aromatic carbocycles. The molecular formula is C46H64O12. The van der Waals surface area contributed by atoms with Crippen molar-refractivity contribution in [1.29, 1.82) is 0 Å². The Kier molecular flexibility index (Phi) is 21.3. The highest BCUT2D eigenvalue weighted by atomic mass is 16.5. The molecular weight excluding hydrogens is 744 g/mol. The smallest absolute Gasteiger partial charge is 0.353 e. The van der Waals surface area contributed by atoms with Gasteiger partial charge in [0.05, 0.1) is 18.8 Å². The van der Waals surface area contributed by atoms with E-state index in [0.717, 1.165) is 38.5 Å². The van der Waals surface area contributed by atoms with Crippen molar-refractivity contribution in [3.05, 3.63) is 71.5 Å². The molecule has 0 saturated carbocycles. The summed E-state index contributed by atoms with van der Waals surface area (Å²) in [6, 6.07) is 11.7. The fraction of sp³-hybridized carbons (Fsp3) is 0.565. The summed E-state index contributed by atoms with van der Waals surface area (Å²) in [4.78, 5) is 50.9. The largest absolute Gasteiger partial charge is 0.494 e. The topological polar surface area (TPSA) is 186 Å². The number of carboxylic acids is 4. The zero-order valence-electron chi connectivity index (χ0n) is 34.4. The van der Waals surface area contributed by atoms with Crippen molar-refractivity contribution in [2.45, 2.75) is 148 Å². The molecule has 0 aliphatic heterocycles. The summed E-state index contributed by atoms with van der Waals surface area (Å²) in [5.41, 5.74) is -4.95. The zero-order chi connectivity index (χ0) is 42.2. The number of aliphatic carboxylic acids is 4. The molecule has 0 fully saturated rings. The summed E-state index contributed by atoms with van der Waals surface area (Å²) < 4.78 is 23.3. The summed E-state index contributed by atoms with van der Waals surface area (Å²) >= 11 is 0. The zero-order valence-corrected chi connectivity index (χ0v) is 34.4. The second kappa shape index (κ2) is 26.1. The second-order valence-corrected chi connectivity index (χ2v) is 15.0. The van der Waals surface area contributed by atoms with Crippen molar-refractivity contribution < 1.29 is 58.6 Å². The molecule has 0 spiro atoms. The van der Waals surface area contributed by atoms with Gasteiger partial charge in [-0.3, -0.25) is 4.79 Å². The Balaban J connectivity index is 1.67. The minimum Gasteiger partial charge on any atom is -0.494 e. The molecule has 0 aromatic heterocycles. The Morgan fingerprint density at radius 1 is 0.517 bits per heavy atom. The van der Waals surface area contributed by atoms with Gasteiger partial charge in [-0.25, -0.2) is 14.4 Å². The van der Waals surface area contributed by atoms with Crippen molar-refractivity contribution in [3.8, 4) is 23.0 Å². The third-order valence-corrected chi connectivity index (χ3v) is 10.3. The third kappa shape index (κ3) is 15.4. The Labute approximate surface area is 343 Å². The first-order valence-electron chi connectivity index (χ1n) is 21.3. The molecule has 2 aromatic rings. The van der Waals surface area contributed by atoms with Crippen molar-refractivity contribution >= 4 is 23.9 Å². The highest BCUT2D eigenvalue weighted by Gasteiger charge is 2.59. The number of carboxylic acid groups (broad SMARTS) is 4. The number of rotatable bonds is 32. The predicted octanol–water partition coefficient (Wildman–Crippen LogP) is 10.6. The van der Waals surface area contributed by atoms with Crippen molar-refractivity contribution in [1.82, 2.24) is 0 Å². The number of carbonyl (C=O) groups is 4. The molecule has 320 valence electrons. The van der Waals surface area contributed by atoms with Crippen LogP contribution in [-0.4, -0.2) is 63.1 Å². The average molecular weight is 809 g/mol. The van der Waals surface area contributed by atoms with Crippen LogP contribution in [0.15, 0.2) is 71.5 Å². The van der Waals surface area contributed by atoms with E-state index in [4.69, 9.17) is 18.9 Å². The quantitative estimate of drug-likeness (QED) is 0.0513. The van der Waals surface area contributed by atoms with Gasteiger partial charge in [0, 0.05) is 0 Å². The third-order valence-electron chi connectivity index (χ3n) is 10.3. The van der Waals surface area contributed by atoms with Gasteiger partial charge in [-0.05, 0) is 67.4 Å². The lowest BCUT2D eigenvalue weighted by atomic mass is 9.76. The normalized spacial score (nSPS) is 16.4. The van der Waals surface area contributed by atoms with Gasteiger partial charge in [-0.15, -0.1) is 0 Å². The maximum Gasteiger partial charge on any atom is 0.353 e. The molecule has 0 radical (unpaired) electrons. The van der Waals surface area contributed by atoms with Gasteiger partial charge >= 0.3 is 23.9 Å². The second-order valence-electron chi connectivity index (χ2n) is 15.0. The molecule has 2 atom stereocenters. The van der Waals surface area contributed by atoms with E-state index >= 15 is 0 Å². The number of ether oxygens (including phenoxy) is 4. The molecule has 0 bridgehead atoms. The summed E-state index contributed by atoms with van der Waals surface area (Å²) in [6.45, 7) is 5.37. The van der Waals surface area contributed by atoms with Gasteiger partial charge in [-0.1, -0.05) is 129 Å². The Morgan fingerprint density at radius 3 is 1.26 bits per heavy atom. The van der Waals surface area contributed by atoms with Gasteiger partial charge in [0.15, 0.2) is 5.92 Å². The Bertz CT molecular complexity index is 1630. The van der Waals surface area contributed by atoms with Crippen LogP contribution in [0.1, 0.15) is 142 Å². The van der Waals surface area contributed by atoms with Crippen LogP contribution in [0.2, 0.25) is 0 Å². The number of hydrogen-bond donors (Lipinski definition) is 4. The molecule has 1 aliphatic carbocycles. The van der Waals surface area contributed by atoms with Crippen LogP contribution in [0.4, 0.5) is 0 Å². The Morgan fingerprint density at radius 2 is 0.897 bits per heavy atom. The van der Waals surface area contributed by atoms with E-state index in [2.05, 4.69) is 13.8 Å². The van der Waals surface area contributed by atoms with Gasteiger partial charge in [-0.2, -0.15) is 0 Å². The van der Waals surface area contributed by atoms with Crippen LogP contribution in [-0.2, 0) is 19.2 Å². The van der Waals surface area contributed by atoms with Crippen LogP contribution in [0.3, 0.4) is 0 Å². The number of hydrogen-bond acceptors (Lipinski definition) is 8. The molecule has 58 heavy (non-hydrogen) atoms. The van der Waals surface area contributed by atoms with Gasteiger partial charge < -0.3 is 39.4 Å². The van der Waals surface area contributed by atoms with E-state index in [1.807, 2.05) is 0 Å².